The van der Waals surface area contributed by atoms with Gasteiger partial charge in [-0.2, -0.15) is 0 Å². The fraction of sp³-hybridized carbons (Fsp3) is 0.933. The van der Waals surface area contributed by atoms with E-state index in [0.29, 0.717) is 17.8 Å². The maximum Gasteiger partial charge on any atom is 0.133 e. The highest BCUT2D eigenvalue weighted by atomic mass is 16.5. The molecule has 0 amide bonds. The summed E-state index contributed by atoms with van der Waals surface area (Å²) in [6.07, 6.45) is 6.52. The number of Topliss-reactive ketones (excluding diaryl/α,β-unsaturated/α-hetero) is 1. The van der Waals surface area contributed by atoms with Crippen molar-refractivity contribution in [1.29, 1.82) is 0 Å². The lowest BCUT2D eigenvalue weighted by Gasteiger charge is -2.51. The molecule has 0 N–H and O–H groups in total. The monoisotopic (exact) mass is 238 g/mol. The molecule has 2 fully saturated rings. The minimum absolute atomic E-state index is 0.0724. The molecule has 2 rings (SSSR count). The molecule has 0 spiro atoms. The molecule has 2 heteroatoms. The molecule has 2 aliphatic carbocycles. The van der Waals surface area contributed by atoms with E-state index in [9.17, 15) is 4.79 Å². The number of carbonyl (C=O) groups excluding carboxylic acids is 1. The van der Waals surface area contributed by atoms with Crippen LogP contribution in [0, 0.1) is 11.3 Å². The molecule has 17 heavy (non-hydrogen) atoms. The summed E-state index contributed by atoms with van der Waals surface area (Å²) in [6.45, 7) is 8.75. The number of rotatable bonds is 1. The third-order valence-electron chi connectivity index (χ3n) is 4.60. The van der Waals surface area contributed by atoms with Gasteiger partial charge in [-0.25, -0.2) is 0 Å². The van der Waals surface area contributed by atoms with E-state index in [1.165, 1.54) is 19.3 Å². The van der Waals surface area contributed by atoms with Crippen LogP contribution in [0.15, 0.2) is 0 Å². The fourth-order valence-corrected chi connectivity index (χ4v) is 3.58. The number of fused-ring (bicyclic) bond motifs is 1. The van der Waals surface area contributed by atoms with E-state index >= 15 is 0 Å². The standard InChI is InChI=1S/C15H26O2/c1-14(2,3)17-13-7-5-6-11-10-12(16)8-9-15(11,13)4/h11,13H,5-10H2,1-4H3/t11-,13+,15-/m0/s1. The molecule has 0 saturated heterocycles. The van der Waals surface area contributed by atoms with Gasteiger partial charge >= 0.3 is 0 Å². The van der Waals surface area contributed by atoms with Crippen LogP contribution < -0.4 is 0 Å². The first-order chi connectivity index (χ1) is 7.81. The van der Waals surface area contributed by atoms with Gasteiger partial charge in [-0.3, -0.25) is 4.79 Å². The van der Waals surface area contributed by atoms with Gasteiger partial charge in [0.1, 0.15) is 5.78 Å². The van der Waals surface area contributed by atoms with Crippen molar-refractivity contribution in [1.82, 2.24) is 0 Å². The van der Waals surface area contributed by atoms with Gasteiger partial charge in [-0.1, -0.05) is 13.3 Å². The van der Waals surface area contributed by atoms with E-state index in [4.69, 9.17) is 4.74 Å². The van der Waals surface area contributed by atoms with Crippen molar-refractivity contribution in [2.45, 2.75) is 77.9 Å². The van der Waals surface area contributed by atoms with E-state index in [0.717, 1.165) is 19.3 Å². The Balaban J connectivity index is 2.14. The van der Waals surface area contributed by atoms with Crippen LogP contribution in [0.25, 0.3) is 0 Å². The molecule has 0 radical (unpaired) electrons. The summed E-state index contributed by atoms with van der Waals surface area (Å²) in [5.74, 6) is 1.02. The van der Waals surface area contributed by atoms with Crippen molar-refractivity contribution < 1.29 is 9.53 Å². The molecule has 0 bridgehead atoms. The number of hydrogen-bond acceptors (Lipinski definition) is 2. The zero-order chi connectivity index (χ0) is 12.7. The van der Waals surface area contributed by atoms with Gasteiger partial charge in [0.25, 0.3) is 0 Å². The van der Waals surface area contributed by atoms with Crippen molar-refractivity contribution in [3.8, 4) is 0 Å². The Labute approximate surface area is 105 Å². The van der Waals surface area contributed by atoms with Gasteiger partial charge in [-0.05, 0) is 51.4 Å². The van der Waals surface area contributed by atoms with Gasteiger partial charge in [0.2, 0.25) is 0 Å². The minimum Gasteiger partial charge on any atom is -0.372 e. The average molecular weight is 238 g/mol. The smallest absolute Gasteiger partial charge is 0.133 e. The van der Waals surface area contributed by atoms with Crippen LogP contribution in [-0.4, -0.2) is 17.5 Å². The highest BCUT2D eigenvalue weighted by Crippen LogP contribution is 2.51. The quantitative estimate of drug-likeness (QED) is 0.696. The third-order valence-corrected chi connectivity index (χ3v) is 4.60. The average Bonchev–Trinajstić information content (AvgIpc) is 2.19. The van der Waals surface area contributed by atoms with Gasteiger partial charge in [-0.15, -0.1) is 0 Å². The van der Waals surface area contributed by atoms with Gasteiger partial charge in [0, 0.05) is 12.8 Å². The molecule has 3 atom stereocenters. The largest absolute Gasteiger partial charge is 0.372 e. The first-order valence-corrected chi connectivity index (χ1v) is 7.01. The van der Waals surface area contributed by atoms with E-state index in [-0.39, 0.29) is 11.0 Å². The van der Waals surface area contributed by atoms with E-state index in [1.54, 1.807) is 0 Å². The Hall–Kier alpha value is -0.370. The summed E-state index contributed by atoms with van der Waals surface area (Å²) >= 11 is 0. The van der Waals surface area contributed by atoms with Crippen molar-refractivity contribution >= 4 is 5.78 Å². The highest BCUT2D eigenvalue weighted by Gasteiger charge is 2.48. The summed E-state index contributed by atoms with van der Waals surface area (Å²) in [6, 6.07) is 0. The molecule has 2 nitrogen and oxygen atoms in total. The number of carbonyl (C=O) groups is 1. The summed E-state index contributed by atoms with van der Waals surface area (Å²) in [4.78, 5) is 11.6. The van der Waals surface area contributed by atoms with Gasteiger partial charge in [0.05, 0.1) is 11.7 Å². The van der Waals surface area contributed by atoms with E-state index in [1.807, 2.05) is 0 Å². The predicted molar refractivity (Wildman–Crippen MR) is 68.9 cm³/mol. The molecule has 0 aliphatic heterocycles. The number of hydrogen-bond donors (Lipinski definition) is 0. The Morgan fingerprint density at radius 1 is 1.29 bits per heavy atom. The maximum absolute atomic E-state index is 11.6. The molecule has 0 unspecified atom stereocenters. The predicted octanol–water partition coefficient (Wildman–Crippen LogP) is 3.73. The molecule has 98 valence electrons. The summed E-state index contributed by atoms with van der Waals surface area (Å²) in [5, 5.41) is 0. The second kappa shape index (κ2) is 4.38. The molecule has 2 saturated carbocycles. The summed E-state index contributed by atoms with van der Waals surface area (Å²) in [7, 11) is 0. The lowest BCUT2D eigenvalue weighted by Crippen LogP contribution is -2.49. The fourth-order valence-electron chi connectivity index (χ4n) is 3.58. The molecule has 0 aromatic heterocycles. The zero-order valence-corrected chi connectivity index (χ0v) is 11.7. The first kappa shape index (κ1) is 13.1. The van der Waals surface area contributed by atoms with E-state index < -0.39 is 0 Å². The SMILES string of the molecule is CC(C)(C)O[C@@H]1CCC[C@H]2CC(=O)CC[C@@]21C. The van der Waals surface area contributed by atoms with Crippen LogP contribution in [0.5, 0.6) is 0 Å². The van der Waals surface area contributed by atoms with Crippen LogP contribution in [0.4, 0.5) is 0 Å². The Kier molecular flexibility index (Phi) is 3.37. The van der Waals surface area contributed by atoms with Crippen molar-refractivity contribution in [2.24, 2.45) is 11.3 Å². The first-order valence-electron chi connectivity index (χ1n) is 7.01. The molecular weight excluding hydrogens is 212 g/mol. The van der Waals surface area contributed by atoms with Gasteiger partial charge in [0.15, 0.2) is 0 Å². The highest BCUT2D eigenvalue weighted by molar-refractivity contribution is 5.79. The third kappa shape index (κ3) is 2.73. The second-order valence-corrected chi connectivity index (χ2v) is 7.10. The molecule has 0 heterocycles. The Morgan fingerprint density at radius 3 is 2.65 bits per heavy atom. The normalized spacial score (nSPS) is 38.9. The van der Waals surface area contributed by atoms with Crippen LogP contribution in [-0.2, 0) is 9.53 Å². The number of ether oxygens (including phenoxy) is 1. The zero-order valence-electron chi connectivity index (χ0n) is 11.7. The molecule has 0 aromatic carbocycles. The topological polar surface area (TPSA) is 26.3 Å². The van der Waals surface area contributed by atoms with Crippen molar-refractivity contribution in [3.63, 3.8) is 0 Å². The lowest BCUT2D eigenvalue weighted by atomic mass is 9.58. The molecule has 2 aliphatic rings. The lowest BCUT2D eigenvalue weighted by molar-refractivity contribution is -0.163. The summed E-state index contributed by atoms with van der Waals surface area (Å²) < 4.78 is 6.28. The van der Waals surface area contributed by atoms with Crippen molar-refractivity contribution in [2.75, 3.05) is 0 Å². The second-order valence-electron chi connectivity index (χ2n) is 7.10. The van der Waals surface area contributed by atoms with Crippen molar-refractivity contribution in [3.05, 3.63) is 0 Å². The van der Waals surface area contributed by atoms with Crippen LogP contribution >= 0.6 is 0 Å². The minimum atomic E-state index is -0.0724. The van der Waals surface area contributed by atoms with Crippen LogP contribution in [0.3, 0.4) is 0 Å². The maximum atomic E-state index is 11.6. The molecule has 0 aromatic rings. The van der Waals surface area contributed by atoms with Crippen LogP contribution in [0.1, 0.15) is 66.2 Å². The van der Waals surface area contributed by atoms with E-state index in [2.05, 4.69) is 27.7 Å². The van der Waals surface area contributed by atoms with Gasteiger partial charge < -0.3 is 4.74 Å². The number of ketones is 1. The van der Waals surface area contributed by atoms with Crippen LogP contribution in [0.2, 0.25) is 0 Å². The summed E-state index contributed by atoms with van der Waals surface area (Å²) in [5.41, 5.74) is 0.163. The Bertz CT molecular complexity index is 303. The molecular formula is C15H26O2. The Morgan fingerprint density at radius 2 is 2.00 bits per heavy atom.